The molecule has 5 heteroatoms. The van der Waals surface area contributed by atoms with Gasteiger partial charge in [-0.2, -0.15) is 0 Å². The van der Waals surface area contributed by atoms with Gasteiger partial charge in [-0.3, -0.25) is 0 Å². The highest BCUT2D eigenvalue weighted by atomic mass is 32.1. The summed E-state index contributed by atoms with van der Waals surface area (Å²) < 4.78 is 12.4. The Morgan fingerprint density at radius 3 is 1.97 bits per heavy atom. The highest BCUT2D eigenvalue weighted by Gasteiger charge is 2.48. The van der Waals surface area contributed by atoms with Crippen LogP contribution in [0.5, 0.6) is 0 Å². The third-order valence-electron chi connectivity index (χ3n) is 16.2. The topological polar surface area (TPSA) is 21.3 Å². The first-order valence-electron chi connectivity index (χ1n) is 24.5. The van der Waals surface area contributed by atoms with Crippen molar-refractivity contribution in [2.75, 3.05) is 4.81 Å². The van der Waals surface area contributed by atoms with Crippen molar-refractivity contribution >= 4 is 104 Å². The second-order valence-electron chi connectivity index (χ2n) is 23.8. The fourth-order valence-corrected chi connectivity index (χ4v) is 13.8. The summed E-state index contributed by atoms with van der Waals surface area (Å²) >= 11 is 1.96. The molecule has 3 nitrogen and oxygen atoms in total. The molecule has 0 bridgehead atoms. The van der Waals surface area contributed by atoms with Crippen molar-refractivity contribution in [1.29, 1.82) is 0 Å². The molecule has 0 saturated heterocycles. The minimum absolute atomic E-state index is 0.00355. The number of anilines is 2. The normalized spacial score (nSPS) is 15.0. The van der Waals surface area contributed by atoms with Gasteiger partial charge in [0.2, 0.25) is 0 Å². The van der Waals surface area contributed by atoms with Crippen LogP contribution in [0.25, 0.3) is 91.9 Å². The van der Waals surface area contributed by atoms with Crippen molar-refractivity contribution in [3.05, 3.63) is 161 Å². The zero-order valence-electron chi connectivity index (χ0n) is 41.0. The average Bonchev–Trinajstić information content (AvgIpc) is 4.03. The van der Waals surface area contributed by atoms with E-state index in [4.69, 9.17) is 4.42 Å². The predicted octanol–water partition coefficient (Wildman–Crippen LogP) is 16.5. The zero-order valence-corrected chi connectivity index (χ0v) is 41.8. The van der Waals surface area contributed by atoms with Crippen LogP contribution in [0, 0.1) is 0 Å². The van der Waals surface area contributed by atoms with Crippen molar-refractivity contribution in [3.8, 4) is 27.9 Å². The van der Waals surface area contributed by atoms with E-state index in [1.165, 1.54) is 120 Å². The molecule has 0 spiro atoms. The van der Waals surface area contributed by atoms with E-state index in [1.54, 1.807) is 0 Å². The highest BCUT2D eigenvalue weighted by Crippen LogP contribution is 2.56. The summed E-state index contributed by atoms with van der Waals surface area (Å²) in [4.78, 5) is 2.72. The third-order valence-corrected chi connectivity index (χ3v) is 17.4. The maximum Gasteiger partial charge on any atom is 0.333 e. The lowest BCUT2D eigenvalue weighted by Gasteiger charge is -2.43. The van der Waals surface area contributed by atoms with Gasteiger partial charge in [-0.1, -0.05) is 155 Å². The Morgan fingerprint density at radius 1 is 0.529 bits per heavy atom. The summed E-state index contributed by atoms with van der Waals surface area (Å²) in [6, 6.07) is 52.1. The maximum atomic E-state index is 7.03. The van der Waals surface area contributed by atoms with Crippen LogP contribution in [-0.4, -0.2) is 11.4 Å². The van der Waals surface area contributed by atoms with Gasteiger partial charge < -0.3 is 13.8 Å². The van der Waals surface area contributed by atoms with Crippen LogP contribution in [-0.2, 0) is 21.7 Å². The first-order chi connectivity index (χ1) is 32.4. The van der Waals surface area contributed by atoms with Gasteiger partial charge in [0.1, 0.15) is 11.2 Å². The van der Waals surface area contributed by atoms with E-state index in [9.17, 15) is 0 Å². The fraction of sp³-hybridized carbons (Fsp3) is 0.238. The van der Waals surface area contributed by atoms with Gasteiger partial charge in [0, 0.05) is 69.8 Å². The smallest absolute Gasteiger partial charge is 0.333 e. The first-order valence-corrected chi connectivity index (χ1v) is 25.3. The molecule has 5 heterocycles. The maximum absolute atomic E-state index is 7.03. The molecular formula is C63H55BN2OS. The largest absolute Gasteiger partial charge is 0.456 e. The van der Waals surface area contributed by atoms with Crippen LogP contribution >= 0.6 is 11.3 Å². The molecule has 14 rings (SSSR count). The number of benzene rings is 8. The van der Waals surface area contributed by atoms with Crippen LogP contribution in [0.4, 0.5) is 11.4 Å². The zero-order chi connectivity index (χ0) is 46.7. The molecule has 11 aromatic rings. The molecule has 0 radical (unpaired) electrons. The summed E-state index contributed by atoms with van der Waals surface area (Å²) in [5, 5.41) is 7.67. The van der Waals surface area contributed by atoms with E-state index >= 15 is 0 Å². The van der Waals surface area contributed by atoms with E-state index in [2.05, 4.69) is 219 Å². The number of aromatic nitrogens is 1. The number of nitrogens with zero attached hydrogens (tertiary/aromatic N) is 2. The molecular weight excluding hydrogens is 844 g/mol. The molecule has 332 valence electrons. The highest BCUT2D eigenvalue weighted by molar-refractivity contribution is 7.27. The van der Waals surface area contributed by atoms with E-state index in [-0.39, 0.29) is 28.5 Å². The second kappa shape index (κ2) is 12.9. The van der Waals surface area contributed by atoms with Gasteiger partial charge in [0.15, 0.2) is 0 Å². The molecule has 0 fully saturated rings. The molecule has 2 aliphatic heterocycles. The molecule has 0 saturated carbocycles. The molecule has 8 aromatic carbocycles. The summed E-state index contributed by atoms with van der Waals surface area (Å²) in [5.41, 5.74) is 22.7. The number of furan rings is 1. The molecule has 3 aromatic heterocycles. The Morgan fingerprint density at radius 2 is 1.21 bits per heavy atom. The lowest BCUT2D eigenvalue weighted by molar-refractivity contribution is 0.587. The number of thiophene rings is 1. The molecule has 3 aliphatic rings. The minimum atomic E-state index is -0.174. The van der Waals surface area contributed by atoms with Crippen molar-refractivity contribution in [2.45, 2.75) is 97.8 Å². The molecule has 0 atom stereocenters. The summed E-state index contributed by atoms with van der Waals surface area (Å²) in [6.07, 6.45) is 0. The van der Waals surface area contributed by atoms with Gasteiger partial charge in [-0.25, -0.2) is 0 Å². The van der Waals surface area contributed by atoms with Crippen LogP contribution in [0.3, 0.4) is 0 Å². The van der Waals surface area contributed by atoms with Crippen LogP contribution in [0.15, 0.2) is 138 Å². The number of fused-ring (bicyclic) bond motifs is 19. The SMILES string of the molecule is CC(C)(C)c1ccc(N2B3c4cc5c(cc4-n4c6ccc(C(C)(C)C)cc6c6c7sc8ccccc8c7c(c3c64)-c3cc4oc6cc(C(C)(C)C)ccc6c4cc32)-c2ccccc2C5(C)C)cc1. The Balaban J connectivity index is 1.21. The van der Waals surface area contributed by atoms with E-state index in [0.717, 1.165) is 21.9 Å². The predicted molar refractivity (Wildman–Crippen MR) is 294 cm³/mol. The Kier molecular flexibility index (Phi) is 7.71. The lowest BCUT2D eigenvalue weighted by atomic mass is 9.43. The van der Waals surface area contributed by atoms with E-state index in [0.29, 0.717) is 0 Å². The molecule has 68 heavy (non-hydrogen) atoms. The molecule has 0 unspecified atom stereocenters. The van der Waals surface area contributed by atoms with Crippen LogP contribution < -0.4 is 15.7 Å². The standard InChI is InChI=1S/C63H55BN2OS/c1-60(2,3)34-20-24-37(25-21-34)66-49-31-42-39-26-22-36(62(7,8)9)29-51(39)67-52(42)32-44(49)54-55-40-17-13-15-19-53(40)68-59(55)56-43-28-35(61(4,5)6)23-27-48(43)65-50-30-41-38-16-12-14-18-45(38)63(10,11)46(41)33-47(50)64(66)57(54)58(56)65/h12-33H,1-11H3. The Hall–Kier alpha value is -6.56. The van der Waals surface area contributed by atoms with Crippen molar-refractivity contribution in [2.24, 2.45) is 0 Å². The first kappa shape index (κ1) is 40.5. The Labute approximate surface area is 403 Å². The monoisotopic (exact) mass is 898 g/mol. The number of rotatable bonds is 1. The second-order valence-corrected chi connectivity index (χ2v) is 24.8. The van der Waals surface area contributed by atoms with E-state index < -0.39 is 0 Å². The summed E-state index contributed by atoms with van der Waals surface area (Å²) in [5.74, 6) is 0. The fourth-order valence-electron chi connectivity index (χ4n) is 12.6. The van der Waals surface area contributed by atoms with Crippen molar-refractivity contribution in [3.63, 3.8) is 0 Å². The van der Waals surface area contributed by atoms with Crippen LogP contribution in [0.2, 0.25) is 0 Å². The quantitative estimate of drug-likeness (QED) is 0.153. The summed E-state index contributed by atoms with van der Waals surface area (Å²) in [7, 11) is 0. The van der Waals surface area contributed by atoms with Crippen LogP contribution in [0.1, 0.15) is 104 Å². The molecule has 1 aliphatic carbocycles. The van der Waals surface area contributed by atoms with Gasteiger partial charge in [-0.05, 0) is 126 Å². The van der Waals surface area contributed by atoms with Gasteiger partial charge in [0.25, 0.3) is 0 Å². The molecule has 0 N–H and O–H groups in total. The lowest BCUT2D eigenvalue weighted by Crippen LogP contribution is -2.60. The van der Waals surface area contributed by atoms with Gasteiger partial charge in [0.05, 0.1) is 11.0 Å². The van der Waals surface area contributed by atoms with Crippen molar-refractivity contribution < 1.29 is 4.42 Å². The third kappa shape index (κ3) is 5.21. The Bertz CT molecular complexity index is 4060. The molecule has 0 amide bonds. The average molecular weight is 899 g/mol. The number of hydrogen-bond donors (Lipinski definition) is 0. The van der Waals surface area contributed by atoms with Gasteiger partial charge in [-0.15, -0.1) is 11.3 Å². The minimum Gasteiger partial charge on any atom is -0.456 e. The van der Waals surface area contributed by atoms with Crippen molar-refractivity contribution in [1.82, 2.24) is 4.57 Å². The number of hydrogen-bond acceptors (Lipinski definition) is 3. The summed E-state index contributed by atoms with van der Waals surface area (Å²) in [6.45, 7) is 25.5. The van der Waals surface area contributed by atoms with Gasteiger partial charge >= 0.3 is 6.85 Å². The van der Waals surface area contributed by atoms with E-state index in [1.807, 2.05) is 11.3 Å².